The summed E-state index contributed by atoms with van der Waals surface area (Å²) < 4.78 is 12.2. The number of nitrogens with zero attached hydrogens (tertiary/aromatic N) is 1. The zero-order valence-electron chi connectivity index (χ0n) is 8.34. The third kappa shape index (κ3) is 1.90. The Bertz CT molecular complexity index is 210. The van der Waals surface area contributed by atoms with Crippen molar-refractivity contribution in [3.8, 4) is 0 Å². The summed E-state index contributed by atoms with van der Waals surface area (Å²) >= 11 is 0. The van der Waals surface area contributed by atoms with Crippen LogP contribution < -0.4 is 5.32 Å². The Morgan fingerprint density at radius 3 is 2.86 bits per heavy atom. The number of rotatable bonds is 2. The maximum absolute atomic E-state index is 12.2. The van der Waals surface area contributed by atoms with E-state index in [1.807, 2.05) is 0 Å². The first-order valence-corrected chi connectivity index (χ1v) is 5.36. The minimum atomic E-state index is -0.285. The van der Waals surface area contributed by atoms with Crippen LogP contribution in [0.2, 0.25) is 0 Å². The Hall–Kier alpha value is -0.640. The van der Waals surface area contributed by atoms with E-state index in [4.69, 9.17) is 0 Å². The van der Waals surface area contributed by atoms with Gasteiger partial charge in [-0.05, 0) is 19.4 Å². The second kappa shape index (κ2) is 4.26. The monoisotopic (exact) mass is 200 g/mol. The minimum Gasteiger partial charge on any atom is -0.342 e. The molecule has 0 aromatic heterocycles. The SMILES string of the molecule is O=C([C@@H]1CCCNC1)N1CC(CF)C1. The molecule has 0 aromatic carbocycles. The highest BCUT2D eigenvalue weighted by atomic mass is 19.1. The normalized spacial score (nSPS) is 28.6. The van der Waals surface area contributed by atoms with E-state index in [9.17, 15) is 9.18 Å². The molecule has 0 spiro atoms. The smallest absolute Gasteiger partial charge is 0.226 e. The summed E-state index contributed by atoms with van der Waals surface area (Å²) in [6, 6.07) is 0. The maximum atomic E-state index is 12.2. The van der Waals surface area contributed by atoms with Gasteiger partial charge in [-0.25, -0.2) is 0 Å². The second-order valence-electron chi connectivity index (χ2n) is 4.31. The standard InChI is InChI=1S/C10H17FN2O/c11-4-8-6-13(7-8)10(14)9-2-1-3-12-5-9/h8-9,12H,1-7H2/t9-/m1/s1. The molecule has 1 N–H and O–H groups in total. The first kappa shape index (κ1) is 9.90. The van der Waals surface area contributed by atoms with Gasteiger partial charge in [0.15, 0.2) is 0 Å². The van der Waals surface area contributed by atoms with Gasteiger partial charge in [-0.15, -0.1) is 0 Å². The molecule has 0 saturated carbocycles. The molecule has 0 aromatic rings. The van der Waals surface area contributed by atoms with Crippen molar-refractivity contribution in [1.82, 2.24) is 10.2 Å². The van der Waals surface area contributed by atoms with Gasteiger partial charge in [0.2, 0.25) is 5.91 Å². The number of halogens is 1. The van der Waals surface area contributed by atoms with E-state index in [1.54, 1.807) is 4.90 Å². The predicted octanol–water partition coefficient (Wildman–Crippen LogP) is 0.414. The molecule has 2 fully saturated rings. The summed E-state index contributed by atoms with van der Waals surface area (Å²) in [5.41, 5.74) is 0. The van der Waals surface area contributed by atoms with E-state index >= 15 is 0 Å². The van der Waals surface area contributed by atoms with Gasteiger partial charge < -0.3 is 10.2 Å². The van der Waals surface area contributed by atoms with Crippen molar-refractivity contribution >= 4 is 5.91 Å². The summed E-state index contributed by atoms with van der Waals surface area (Å²) in [5, 5.41) is 3.22. The fourth-order valence-electron chi connectivity index (χ4n) is 2.17. The van der Waals surface area contributed by atoms with E-state index in [0.29, 0.717) is 13.1 Å². The van der Waals surface area contributed by atoms with Gasteiger partial charge in [0.1, 0.15) is 0 Å². The first-order chi connectivity index (χ1) is 6.81. The molecule has 0 radical (unpaired) electrons. The van der Waals surface area contributed by atoms with Crippen molar-refractivity contribution in [2.45, 2.75) is 12.8 Å². The average Bonchev–Trinajstić information content (AvgIpc) is 2.17. The van der Waals surface area contributed by atoms with Gasteiger partial charge in [0.25, 0.3) is 0 Å². The fraction of sp³-hybridized carbons (Fsp3) is 0.900. The zero-order valence-corrected chi connectivity index (χ0v) is 8.34. The van der Waals surface area contributed by atoms with Crippen LogP contribution in [0.1, 0.15) is 12.8 Å². The molecule has 2 aliphatic heterocycles. The Morgan fingerprint density at radius 1 is 1.50 bits per heavy atom. The lowest BCUT2D eigenvalue weighted by molar-refractivity contribution is -0.142. The van der Waals surface area contributed by atoms with Crippen LogP contribution in [0.4, 0.5) is 4.39 Å². The first-order valence-electron chi connectivity index (χ1n) is 5.36. The van der Waals surface area contributed by atoms with Gasteiger partial charge in [-0.3, -0.25) is 9.18 Å². The van der Waals surface area contributed by atoms with Gasteiger partial charge >= 0.3 is 0 Å². The molecule has 3 nitrogen and oxygen atoms in total. The maximum Gasteiger partial charge on any atom is 0.226 e. The predicted molar refractivity (Wildman–Crippen MR) is 51.6 cm³/mol. The molecule has 2 aliphatic rings. The third-order valence-electron chi connectivity index (χ3n) is 3.13. The number of hydrogen-bond acceptors (Lipinski definition) is 2. The summed E-state index contributed by atoms with van der Waals surface area (Å²) in [7, 11) is 0. The molecular weight excluding hydrogens is 183 g/mol. The molecule has 2 saturated heterocycles. The molecule has 0 unspecified atom stereocenters. The Balaban J connectivity index is 1.78. The van der Waals surface area contributed by atoms with Gasteiger partial charge in [-0.2, -0.15) is 0 Å². The van der Waals surface area contributed by atoms with Crippen LogP contribution in [-0.2, 0) is 4.79 Å². The Morgan fingerprint density at radius 2 is 2.29 bits per heavy atom. The molecule has 80 valence electrons. The lowest BCUT2D eigenvalue weighted by atomic mass is 9.94. The van der Waals surface area contributed by atoms with Crippen molar-refractivity contribution in [1.29, 1.82) is 0 Å². The quantitative estimate of drug-likeness (QED) is 0.700. The highest BCUT2D eigenvalue weighted by Crippen LogP contribution is 2.21. The summed E-state index contributed by atoms with van der Waals surface area (Å²) in [5.74, 6) is 0.474. The molecule has 1 atom stereocenters. The van der Waals surface area contributed by atoms with E-state index in [-0.39, 0.29) is 24.4 Å². The van der Waals surface area contributed by atoms with Gasteiger partial charge in [0.05, 0.1) is 12.6 Å². The molecule has 1 amide bonds. The Kier molecular flexibility index (Phi) is 3.01. The molecule has 0 aliphatic carbocycles. The molecule has 2 heterocycles. The lowest BCUT2D eigenvalue weighted by Gasteiger charge is -2.40. The average molecular weight is 200 g/mol. The zero-order chi connectivity index (χ0) is 9.97. The van der Waals surface area contributed by atoms with Crippen LogP contribution >= 0.6 is 0 Å². The number of likely N-dealkylation sites (tertiary alicyclic amines) is 1. The van der Waals surface area contributed by atoms with Crippen molar-refractivity contribution in [3.05, 3.63) is 0 Å². The summed E-state index contributed by atoms with van der Waals surface area (Å²) in [4.78, 5) is 13.6. The van der Waals surface area contributed by atoms with Crippen LogP contribution in [0, 0.1) is 11.8 Å². The van der Waals surface area contributed by atoms with Gasteiger partial charge in [0, 0.05) is 25.6 Å². The summed E-state index contributed by atoms with van der Waals surface area (Å²) in [6.45, 7) is 2.80. The van der Waals surface area contributed by atoms with Gasteiger partial charge in [-0.1, -0.05) is 0 Å². The van der Waals surface area contributed by atoms with E-state index in [0.717, 1.165) is 25.9 Å². The number of alkyl halides is 1. The number of piperidine rings is 1. The van der Waals surface area contributed by atoms with Crippen LogP contribution in [-0.4, -0.2) is 43.7 Å². The number of hydrogen-bond donors (Lipinski definition) is 1. The highest BCUT2D eigenvalue weighted by molar-refractivity contribution is 5.80. The van der Waals surface area contributed by atoms with Crippen molar-refractivity contribution in [2.24, 2.45) is 11.8 Å². The highest BCUT2D eigenvalue weighted by Gasteiger charge is 2.34. The number of carbonyl (C=O) groups is 1. The summed E-state index contributed by atoms with van der Waals surface area (Å²) in [6.07, 6.45) is 2.07. The number of amides is 1. The number of nitrogens with one attached hydrogen (secondary N) is 1. The Labute approximate surface area is 83.6 Å². The topological polar surface area (TPSA) is 32.3 Å². The van der Waals surface area contributed by atoms with E-state index in [1.165, 1.54) is 0 Å². The number of carbonyl (C=O) groups excluding carboxylic acids is 1. The van der Waals surface area contributed by atoms with Crippen molar-refractivity contribution in [2.75, 3.05) is 32.9 Å². The van der Waals surface area contributed by atoms with Crippen molar-refractivity contribution in [3.63, 3.8) is 0 Å². The molecule has 2 rings (SSSR count). The van der Waals surface area contributed by atoms with E-state index in [2.05, 4.69) is 5.32 Å². The molecule has 0 bridgehead atoms. The van der Waals surface area contributed by atoms with E-state index < -0.39 is 0 Å². The van der Waals surface area contributed by atoms with Crippen LogP contribution in [0.15, 0.2) is 0 Å². The minimum absolute atomic E-state index is 0.107. The van der Waals surface area contributed by atoms with Crippen molar-refractivity contribution < 1.29 is 9.18 Å². The van der Waals surface area contributed by atoms with Crippen LogP contribution in [0.5, 0.6) is 0 Å². The second-order valence-corrected chi connectivity index (χ2v) is 4.31. The lowest BCUT2D eigenvalue weighted by Crippen LogP contribution is -2.54. The largest absolute Gasteiger partial charge is 0.342 e. The molecule has 14 heavy (non-hydrogen) atoms. The third-order valence-corrected chi connectivity index (χ3v) is 3.13. The fourth-order valence-corrected chi connectivity index (χ4v) is 2.17. The molecule has 4 heteroatoms. The molecular formula is C10H17FN2O. The van der Waals surface area contributed by atoms with Crippen LogP contribution in [0.25, 0.3) is 0 Å². The van der Waals surface area contributed by atoms with Crippen LogP contribution in [0.3, 0.4) is 0 Å².